The number of piperidine rings is 1. The molecule has 1 amide bonds. The minimum Gasteiger partial charge on any atom is -0.492 e. The van der Waals surface area contributed by atoms with Gasteiger partial charge in [-0.1, -0.05) is 60.7 Å². The quantitative estimate of drug-likeness (QED) is 0.555. The SMILES string of the molecule is O=C(C1CCNCC1)N(CCOc1ccccc1)[C@H](c1ccccc1)c1ccc(F)cc1. The van der Waals surface area contributed by atoms with E-state index < -0.39 is 0 Å². The predicted molar refractivity (Wildman–Crippen MR) is 124 cm³/mol. The summed E-state index contributed by atoms with van der Waals surface area (Å²) in [5.41, 5.74) is 1.89. The van der Waals surface area contributed by atoms with Crippen molar-refractivity contribution in [1.29, 1.82) is 0 Å². The first-order valence-electron chi connectivity index (χ1n) is 11.2. The molecule has 0 saturated carbocycles. The number of hydrogen-bond acceptors (Lipinski definition) is 3. The molecule has 1 N–H and O–H groups in total. The molecule has 166 valence electrons. The van der Waals surface area contributed by atoms with Gasteiger partial charge >= 0.3 is 0 Å². The molecule has 1 atom stereocenters. The number of carbonyl (C=O) groups excluding carboxylic acids is 1. The number of carbonyl (C=O) groups is 1. The van der Waals surface area contributed by atoms with Crippen molar-refractivity contribution in [1.82, 2.24) is 10.2 Å². The first-order valence-corrected chi connectivity index (χ1v) is 11.2. The van der Waals surface area contributed by atoms with E-state index in [0.29, 0.717) is 13.2 Å². The van der Waals surface area contributed by atoms with E-state index in [0.717, 1.165) is 42.8 Å². The van der Waals surface area contributed by atoms with Crippen molar-refractivity contribution in [2.24, 2.45) is 5.92 Å². The van der Waals surface area contributed by atoms with Crippen LogP contribution in [0.3, 0.4) is 0 Å². The summed E-state index contributed by atoms with van der Waals surface area (Å²) in [6, 6.07) is 25.7. The molecule has 1 aliphatic heterocycles. The van der Waals surface area contributed by atoms with E-state index in [2.05, 4.69) is 5.32 Å². The number of nitrogens with one attached hydrogen (secondary N) is 1. The average molecular weight is 433 g/mol. The zero-order valence-electron chi connectivity index (χ0n) is 18.1. The molecule has 1 fully saturated rings. The van der Waals surface area contributed by atoms with Gasteiger partial charge in [0.1, 0.15) is 18.2 Å². The van der Waals surface area contributed by atoms with Crippen LogP contribution in [0.5, 0.6) is 5.75 Å². The van der Waals surface area contributed by atoms with Gasteiger partial charge in [-0.3, -0.25) is 4.79 Å². The Hall–Kier alpha value is -3.18. The van der Waals surface area contributed by atoms with E-state index >= 15 is 0 Å². The number of ether oxygens (including phenoxy) is 1. The van der Waals surface area contributed by atoms with E-state index in [9.17, 15) is 9.18 Å². The fourth-order valence-corrected chi connectivity index (χ4v) is 4.28. The smallest absolute Gasteiger partial charge is 0.226 e. The maximum Gasteiger partial charge on any atom is 0.226 e. The number of benzene rings is 3. The van der Waals surface area contributed by atoms with Crippen LogP contribution < -0.4 is 10.1 Å². The highest BCUT2D eigenvalue weighted by Crippen LogP contribution is 2.31. The number of nitrogens with zero attached hydrogens (tertiary/aromatic N) is 1. The normalized spacial score (nSPS) is 15.2. The fourth-order valence-electron chi connectivity index (χ4n) is 4.28. The largest absolute Gasteiger partial charge is 0.492 e. The Balaban J connectivity index is 1.64. The second kappa shape index (κ2) is 10.9. The molecule has 4 nitrogen and oxygen atoms in total. The summed E-state index contributed by atoms with van der Waals surface area (Å²) in [5, 5.41) is 3.33. The van der Waals surface area contributed by atoms with Gasteiger partial charge in [0.05, 0.1) is 12.6 Å². The van der Waals surface area contributed by atoms with Crippen molar-refractivity contribution in [3.8, 4) is 5.75 Å². The Labute approximate surface area is 189 Å². The van der Waals surface area contributed by atoms with Gasteiger partial charge in [0.2, 0.25) is 5.91 Å². The third-order valence-electron chi connectivity index (χ3n) is 5.93. The van der Waals surface area contributed by atoms with Crippen molar-refractivity contribution in [2.45, 2.75) is 18.9 Å². The van der Waals surface area contributed by atoms with Gasteiger partial charge in [-0.05, 0) is 61.3 Å². The molecule has 4 rings (SSSR count). The van der Waals surface area contributed by atoms with Gasteiger partial charge in [-0.2, -0.15) is 0 Å². The summed E-state index contributed by atoms with van der Waals surface area (Å²) in [4.78, 5) is 15.7. The lowest BCUT2D eigenvalue weighted by atomic mass is 9.92. The van der Waals surface area contributed by atoms with Gasteiger partial charge in [0.15, 0.2) is 0 Å². The third kappa shape index (κ3) is 5.54. The molecule has 32 heavy (non-hydrogen) atoms. The second-order valence-electron chi connectivity index (χ2n) is 8.08. The Morgan fingerprint density at radius 1 is 0.906 bits per heavy atom. The van der Waals surface area contributed by atoms with Gasteiger partial charge in [-0.25, -0.2) is 4.39 Å². The lowest BCUT2D eigenvalue weighted by Crippen LogP contribution is -2.44. The van der Waals surface area contributed by atoms with Crippen molar-refractivity contribution in [3.63, 3.8) is 0 Å². The standard InChI is InChI=1S/C27H29FN2O2/c28-24-13-11-22(12-14-24)26(21-7-3-1-4-8-21)30(27(31)23-15-17-29-18-16-23)19-20-32-25-9-5-2-6-10-25/h1-14,23,26,29H,15-20H2/t26-/m1/s1. The van der Waals surface area contributed by atoms with Crippen LogP contribution in [-0.2, 0) is 4.79 Å². The van der Waals surface area contributed by atoms with Crippen LogP contribution in [-0.4, -0.2) is 37.0 Å². The van der Waals surface area contributed by atoms with Crippen LogP contribution in [0.2, 0.25) is 0 Å². The summed E-state index contributed by atoms with van der Waals surface area (Å²) in [6.07, 6.45) is 1.64. The Morgan fingerprint density at radius 2 is 1.50 bits per heavy atom. The van der Waals surface area contributed by atoms with E-state index in [1.54, 1.807) is 12.1 Å². The maximum atomic E-state index is 13.8. The van der Waals surface area contributed by atoms with Crippen molar-refractivity contribution in [2.75, 3.05) is 26.2 Å². The predicted octanol–water partition coefficient (Wildman–Crippen LogP) is 4.82. The molecular formula is C27H29FN2O2. The average Bonchev–Trinajstić information content (AvgIpc) is 2.86. The van der Waals surface area contributed by atoms with Gasteiger partial charge in [0.25, 0.3) is 0 Å². The molecule has 1 saturated heterocycles. The lowest BCUT2D eigenvalue weighted by Gasteiger charge is -2.36. The van der Waals surface area contributed by atoms with E-state index in [1.807, 2.05) is 65.6 Å². The van der Waals surface area contributed by atoms with Gasteiger partial charge in [0, 0.05) is 5.92 Å². The number of hydrogen-bond donors (Lipinski definition) is 1. The molecule has 0 aliphatic carbocycles. The molecule has 1 heterocycles. The molecule has 0 aromatic heterocycles. The Kier molecular flexibility index (Phi) is 7.51. The first kappa shape index (κ1) is 22.0. The summed E-state index contributed by atoms with van der Waals surface area (Å²) in [7, 11) is 0. The second-order valence-corrected chi connectivity index (χ2v) is 8.08. The molecule has 0 bridgehead atoms. The number of rotatable bonds is 8. The lowest BCUT2D eigenvalue weighted by molar-refractivity contribution is -0.138. The minimum absolute atomic E-state index is 0.0281. The van der Waals surface area contributed by atoms with Gasteiger partial charge < -0.3 is 15.0 Å². The van der Waals surface area contributed by atoms with Crippen LogP contribution in [0, 0.1) is 11.7 Å². The molecule has 0 unspecified atom stereocenters. The third-order valence-corrected chi connectivity index (χ3v) is 5.93. The molecule has 3 aromatic carbocycles. The molecule has 5 heteroatoms. The Bertz CT molecular complexity index is 974. The van der Waals surface area contributed by atoms with E-state index in [4.69, 9.17) is 4.74 Å². The number of para-hydroxylation sites is 1. The highest BCUT2D eigenvalue weighted by molar-refractivity contribution is 5.80. The summed E-state index contributed by atoms with van der Waals surface area (Å²) in [6.45, 7) is 2.51. The zero-order chi connectivity index (χ0) is 22.2. The Morgan fingerprint density at radius 3 is 2.16 bits per heavy atom. The molecule has 3 aromatic rings. The minimum atomic E-state index is -0.307. The molecule has 1 aliphatic rings. The molecule has 0 spiro atoms. The van der Waals surface area contributed by atoms with Crippen LogP contribution >= 0.6 is 0 Å². The van der Waals surface area contributed by atoms with Crippen LogP contribution in [0.15, 0.2) is 84.9 Å². The molecule has 0 radical (unpaired) electrons. The van der Waals surface area contributed by atoms with Crippen LogP contribution in [0.25, 0.3) is 0 Å². The first-order chi connectivity index (χ1) is 15.7. The topological polar surface area (TPSA) is 41.6 Å². The highest BCUT2D eigenvalue weighted by Gasteiger charge is 2.32. The number of amides is 1. The maximum absolute atomic E-state index is 13.8. The highest BCUT2D eigenvalue weighted by atomic mass is 19.1. The summed E-state index contributed by atoms with van der Waals surface area (Å²) < 4.78 is 19.6. The van der Waals surface area contributed by atoms with E-state index in [-0.39, 0.29) is 23.7 Å². The fraction of sp³-hybridized carbons (Fsp3) is 0.296. The van der Waals surface area contributed by atoms with E-state index in [1.165, 1.54) is 12.1 Å². The van der Waals surface area contributed by atoms with Crippen LogP contribution in [0.4, 0.5) is 4.39 Å². The number of halogens is 1. The van der Waals surface area contributed by atoms with Crippen LogP contribution in [0.1, 0.15) is 30.0 Å². The zero-order valence-corrected chi connectivity index (χ0v) is 18.1. The van der Waals surface area contributed by atoms with Crippen molar-refractivity contribution < 1.29 is 13.9 Å². The van der Waals surface area contributed by atoms with Gasteiger partial charge in [-0.15, -0.1) is 0 Å². The summed E-state index contributed by atoms with van der Waals surface area (Å²) >= 11 is 0. The monoisotopic (exact) mass is 432 g/mol. The summed E-state index contributed by atoms with van der Waals surface area (Å²) in [5.74, 6) is 0.588. The van der Waals surface area contributed by atoms with Crippen molar-refractivity contribution in [3.05, 3.63) is 102 Å². The van der Waals surface area contributed by atoms with Crippen molar-refractivity contribution >= 4 is 5.91 Å². The molecular weight excluding hydrogens is 403 g/mol.